The first-order valence-electron chi connectivity index (χ1n) is 8.58. The Hall–Kier alpha value is -0.580. The molecule has 3 rings (SSSR count). The maximum atomic E-state index is 5.70. The Balaban J connectivity index is 1.94. The maximum Gasteiger partial charge on any atom is 0.123 e. The second-order valence-corrected chi connectivity index (χ2v) is 7.43. The first-order valence-corrected chi connectivity index (χ1v) is 9.37. The normalized spacial score (nSPS) is 22.5. The standard InChI is InChI=1S/C18H27BrN2O/c1-22-17-8-7-15(19)13-16(17)18(14-5-3-2-4-6-14)21-11-9-20-10-12-21/h7-8,13-14,18,20H,2-6,9-12H2,1H3/t18-/m1/s1. The van der Waals surface area contributed by atoms with Crippen molar-refractivity contribution in [3.8, 4) is 5.75 Å². The highest BCUT2D eigenvalue weighted by Gasteiger charge is 2.32. The Labute approximate surface area is 142 Å². The van der Waals surface area contributed by atoms with Crippen molar-refractivity contribution < 1.29 is 4.74 Å². The summed E-state index contributed by atoms with van der Waals surface area (Å²) in [6.45, 7) is 4.47. The zero-order valence-corrected chi connectivity index (χ0v) is 15.1. The lowest BCUT2D eigenvalue weighted by Gasteiger charge is -2.41. The van der Waals surface area contributed by atoms with Crippen LogP contribution in [0.5, 0.6) is 5.75 Å². The topological polar surface area (TPSA) is 24.5 Å². The number of halogens is 1. The zero-order valence-electron chi connectivity index (χ0n) is 13.5. The number of rotatable bonds is 4. The first kappa shape index (κ1) is 16.3. The molecule has 1 aliphatic heterocycles. The predicted molar refractivity (Wildman–Crippen MR) is 94.5 cm³/mol. The molecule has 1 aromatic rings. The molecule has 1 aliphatic carbocycles. The summed E-state index contributed by atoms with van der Waals surface area (Å²) in [5.74, 6) is 1.80. The lowest BCUT2D eigenvalue weighted by Crippen LogP contribution is -2.47. The second kappa shape index (κ2) is 7.80. The molecule has 22 heavy (non-hydrogen) atoms. The lowest BCUT2D eigenvalue weighted by molar-refractivity contribution is 0.101. The van der Waals surface area contributed by atoms with Crippen molar-refractivity contribution in [1.29, 1.82) is 0 Å². The van der Waals surface area contributed by atoms with Gasteiger partial charge in [0, 0.05) is 42.3 Å². The molecule has 1 N–H and O–H groups in total. The molecule has 0 unspecified atom stereocenters. The minimum absolute atomic E-state index is 0.495. The van der Waals surface area contributed by atoms with E-state index in [4.69, 9.17) is 4.74 Å². The van der Waals surface area contributed by atoms with E-state index >= 15 is 0 Å². The Morgan fingerprint density at radius 2 is 1.91 bits per heavy atom. The molecular formula is C18H27BrN2O. The molecule has 1 aromatic carbocycles. The van der Waals surface area contributed by atoms with Crippen LogP contribution in [0.4, 0.5) is 0 Å². The van der Waals surface area contributed by atoms with Crippen molar-refractivity contribution in [2.24, 2.45) is 5.92 Å². The Morgan fingerprint density at radius 3 is 2.59 bits per heavy atom. The number of hydrogen-bond acceptors (Lipinski definition) is 3. The van der Waals surface area contributed by atoms with Crippen LogP contribution in [-0.2, 0) is 0 Å². The van der Waals surface area contributed by atoms with Gasteiger partial charge in [-0.1, -0.05) is 35.2 Å². The summed E-state index contributed by atoms with van der Waals surface area (Å²) >= 11 is 3.66. The van der Waals surface area contributed by atoms with Gasteiger partial charge < -0.3 is 10.1 Å². The molecule has 0 radical (unpaired) electrons. The van der Waals surface area contributed by atoms with E-state index < -0.39 is 0 Å². The number of ether oxygens (including phenoxy) is 1. The summed E-state index contributed by atoms with van der Waals surface area (Å²) in [5, 5.41) is 3.48. The van der Waals surface area contributed by atoms with E-state index in [1.54, 1.807) is 7.11 Å². The molecule has 2 aliphatic rings. The van der Waals surface area contributed by atoms with Gasteiger partial charge in [-0.2, -0.15) is 0 Å². The van der Waals surface area contributed by atoms with E-state index in [1.165, 1.54) is 37.7 Å². The largest absolute Gasteiger partial charge is 0.496 e. The summed E-state index contributed by atoms with van der Waals surface area (Å²) < 4.78 is 6.85. The molecule has 122 valence electrons. The number of piperazine rings is 1. The van der Waals surface area contributed by atoms with Gasteiger partial charge in [-0.25, -0.2) is 0 Å². The Morgan fingerprint density at radius 1 is 1.18 bits per heavy atom. The van der Waals surface area contributed by atoms with E-state index in [0.29, 0.717) is 6.04 Å². The molecule has 1 heterocycles. The summed E-state index contributed by atoms with van der Waals surface area (Å²) in [6, 6.07) is 6.96. The Kier molecular flexibility index (Phi) is 5.77. The first-order chi connectivity index (χ1) is 10.8. The minimum Gasteiger partial charge on any atom is -0.496 e. The molecule has 3 nitrogen and oxygen atoms in total. The van der Waals surface area contributed by atoms with Gasteiger partial charge in [0.1, 0.15) is 5.75 Å². The molecular weight excluding hydrogens is 340 g/mol. The zero-order chi connectivity index (χ0) is 15.4. The van der Waals surface area contributed by atoms with Crippen LogP contribution in [0, 0.1) is 5.92 Å². The third kappa shape index (κ3) is 3.66. The SMILES string of the molecule is COc1ccc(Br)cc1[C@@H](C1CCCCC1)N1CCNCC1. The van der Waals surface area contributed by atoms with E-state index in [0.717, 1.165) is 42.3 Å². The minimum atomic E-state index is 0.495. The fraction of sp³-hybridized carbons (Fsp3) is 0.667. The van der Waals surface area contributed by atoms with Crippen LogP contribution >= 0.6 is 15.9 Å². The molecule has 0 aromatic heterocycles. The van der Waals surface area contributed by atoms with Crippen molar-refractivity contribution >= 4 is 15.9 Å². The highest BCUT2D eigenvalue weighted by molar-refractivity contribution is 9.10. The van der Waals surface area contributed by atoms with Crippen LogP contribution < -0.4 is 10.1 Å². The highest BCUT2D eigenvalue weighted by atomic mass is 79.9. The number of hydrogen-bond donors (Lipinski definition) is 1. The van der Waals surface area contributed by atoms with E-state index in [1.807, 2.05) is 0 Å². The summed E-state index contributed by atoms with van der Waals surface area (Å²) in [4.78, 5) is 2.68. The van der Waals surface area contributed by atoms with E-state index in [2.05, 4.69) is 44.3 Å². The van der Waals surface area contributed by atoms with Gasteiger partial charge in [0.05, 0.1) is 7.11 Å². The predicted octanol–water partition coefficient (Wildman–Crippen LogP) is 3.98. The van der Waals surface area contributed by atoms with Gasteiger partial charge in [0.2, 0.25) is 0 Å². The van der Waals surface area contributed by atoms with E-state index in [9.17, 15) is 0 Å². The van der Waals surface area contributed by atoms with Gasteiger partial charge in [0.15, 0.2) is 0 Å². The second-order valence-electron chi connectivity index (χ2n) is 6.52. The maximum absolute atomic E-state index is 5.70. The van der Waals surface area contributed by atoms with Crippen molar-refractivity contribution in [1.82, 2.24) is 10.2 Å². The highest BCUT2D eigenvalue weighted by Crippen LogP contribution is 2.42. The molecule has 1 saturated carbocycles. The Bertz CT molecular complexity index is 464. The van der Waals surface area contributed by atoms with Gasteiger partial charge in [0.25, 0.3) is 0 Å². The third-order valence-electron chi connectivity index (χ3n) is 5.15. The van der Waals surface area contributed by atoms with Crippen LogP contribution in [0.25, 0.3) is 0 Å². The summed E-state index contributed by atoms with van der Waals surface area (Å²) in [5.41, 5.74) is 1.37. The van der Waals surface area contributed by atoms with Gasteiger partial charge in [-0.15, -0.1) is 0 Å². The molecule has 4 heteroatoms. The molecule has 0 amide bonds. The number of nitrogens with zero attached hydrogens (tertiary/aromatic N) is 1. The van der Waals surface area contributed by atoms with Crippen molar-refractivity contribution in [3.63, 3.8) is 0 Å². The van der Waals surface area contributed by atoms with Gasteiger partial charge in [-0.05, 0) is 37.0 Å². The van der Waals surface area contributed by atoms with Crippen LogP contribution in [0.1, 0.15) is 43.7 Å². The van der Waals surface area contributed by atoms with Gasteiger partial charge in [-0.3, -0.25) is 4.90 Å². The smallest absolute Gasteiger partial charge is 0.123 e. The van der Waals surface area contributed by atoms with E-state index in [-0.39, 0.29) is 0 Å². The molecule has 0 bridgehead atoms. The van der Waals surface area contributed by atoms with Crippen LogP contribution in [0.3, 0.4) is 0 Å². The van der Waals surface area contributed by atoms with Crippen LogP contribution in [0.15, 0.2) is 22.7 Å². The fourth-order valence-electron chi connectivity index (χ4n) is 4.10. The average Bonchev–Trinajstić information content (AvgIpc) is 2.57. The average molecular weight is 367 g/mol. The van der Waals surface area contributed by atoms with Crippen LogP contribution in [0.2, 0.25) is 0 Å². The molecule has 1 atom stereocenters. The quantitative estimate of drug-likeness (QED) is 0.871. The third-order valence-corrected chi connectivity index (χ3v) is 5.64. The van der Waals surface area contributed by atoms with Crippen molar-refractivity contribution in [2.45, 2.75) is 38.1 Å². The lowest BCUT2D eigenvalue weighted by atomic mass is 9.80. The molecule has 0 spiro atoms. The van der Waals surface area contributed by atoms with Crippen molar-refractivity contribution in [2.75, 3.05) is 33.3 Å². The molecule has 2 fully saturated rings. The van der Waals surface area contributed by atoms with Gasteiger partial charge >= 0.3 is 0 Å². The summed E-state index contributed by atoms with van der Waals surface area (Å²) in [7, 11) is 1.79. The number of methoxy groups -OCH3 is 1. The van der Waals surface area contributed by atoms with Crippen LogP contribution in [-0.4, -0.2) is 38.2 Å². The summed E-state index contributed by atoms with van der Waals surface area (Å²) in [6.07, 6.45) is 6.86. The monoisotopic (exact) mass is 366 g/mol. The number of benzene rings is 1. The van der Waals surface area contributed by atoms with Crippen molar-refractivity contribution in [3.05, 3.63) is 28.2 Å². The fourth-order valence-corrected chi connectivity index (χ4v) is 4.47. The number of nitrogens with one attached hydrogen (secondary N) is 1. The molecule has 1 saturated heterocycles.